The van der Waals surface area contributed by atoms with Crippen molar-refractivity contribution >= 4 is 0 Å². The molecule has 0 amide bonds. The molecule has 1 aliphatic rings. The van der Waals surface area contributed by atoms with Gasteiger partial charge in [0.15, 0.2) is 6.61 Å². The Balaban J connectivity index is 2.04. The van der Waals surface area contributed by atoms with E-state index in [4.69, 9.17) is 4.74 Å². The second-order valence-corrected chi connectivity index (χ2v) is 4.53. The van der Waals surface area contributed by atoms with E-state index in [-0.39, 0.29) is 6.04 Å². The molecule has 6 heteroatoms. The second-order valence-electron chi connectivity index (χ2n) is 4.53. The smallest absolute Gasteiger partial charge is 0.413 e. The van der Waals surface area contributed by atoms with E-state index in [1.54, 1.807) is 7.11 Å². The number of nitrogens with one attached hydrogen (secondary N) is 1. The standard InChI is InChI=1S/C13H16F3NO2/c1-18-10-6-5-9-3-2-4-12(11(9)7-10)17-19-8-13(14,15)16/h5-7,12,17H,2-4,8H2,1H3. The molecule has 0 saturated heterocycles. The van der Waals surface area contributed by atoms with Gasteiger partial charge in [0.25, 0.3) is 0 Å². The average Bonchev–Trinajstić information content (AvgIpc) is 2.37. The van der Waals surface area contributed by atoms with E-state index < -0.39 is 12.8 Å². The Hall–Kier alpha value is -1.27. The second kappa shape index (κ2) is 5.79. The first-order valence-electron chi connectivity index (χ1n) is 6.10. The molecule has 0 bridgehead atoms. The molecule has 0 heterocycles. The summed E-state index contributed by atoms with van der Waals surface area (Å²) in [5, 5.41) is 0. The van der Waals surface area contributed by atoms with Crippen LogP contribution in [-0.4, -0.2) is 19.9 Å². The third-order valence-electron chi connectivity index (χ3n) is 3.13. The fourth-order valence-corrected chi connectivity index (χ4v) is 2.25. The van der Waals surface area contributed by atoms with Crippen LogP contribution in [0, 0.1) is 0 Å². The molecular formula is C13H16F3NO2. The van der Waals surface area contributed by atoms with Crippen LogP contribution in [0.5, 0.6) is 5.75 Å². The normalized spacial score (nSPS) is 19.1. The molecule has 1 unspecified atom stereocenters. The summed E-state index contributed by atoms with van der Waals surface area (Å²) in [7, 11) is 1.56. The molecule has 0 spiro atoms. The van der Waals surface area contributed by atoms with Crippen LogP contribution >= 0.6 is 0 Å². The Bertz CT molecular complexity index is 434. The maximum Gasteiger partial charge on any atom is 0.413 e. The van der Waals surface area contributed by atoms with Crippen LogP contribution in [0.25, 0.3) is 0 Å². The molecule has 1 N–H and O–H groups in total. The van der Waals surface area contributed by atoms with Crippen molar-refractivity contribution in [2.75, 3.05) is 13.7 Å². The zero-order valence-electron chi connectivity index (χ0n) is 10.6. The maximum absolute atomic E-state index is 12.0. The molecule has 0 aromatic heterocycles. The minimum absolute atomic E-state index is 0.221. The number of methoxy groups -OCH3 is 1. The number of halogens is 3. The number of alkyl halides is 3. The highest BCUT2D eigenvalue weighted by Gasteiger charge is 2.29. The van der Waals surface area contributed by atoms with Gasteiger partial charge in [-0.05, 0) is 42.5 Å². The summed E-state index contributed by atoms with van der Waals surface area (Å²) in [6, 6.07) is 5.44. The molecule has 2 rings (SSSR count). The predicted molar refractivity (Wildman–Crippen MR) is 63.8 cm³/mol. The summed E-state index contributed by atoms with van der Waals surface area (Å²) in [5.74, 6) is 0.697. The minimum atomic E-state index is -4.32. The van der Waals surface area contributed by atoms with Gasteiger partial charge in [-0.3, -0.25) is 4.84 Å². The number of hydroxylamine groups is 1. The average molecular weight is 275 g/mol. The zero-order valence-corrected chi connectivity index (χ0v) is 10.6. The summed E-state index contributed by atoms with van der Waals surface area (Å²) in [6.07, 6.45) is -1.72. The molecule has 1 aromatic carbocycles. The molecule has 0 fully saturated rings. The van der Waals surface area contributed by atoms with Crippen molar-refractivity contribution in [2.45, 2.75) is 31.5 Å². The fraction of sp³-hybridized carbons (Fsp3) is 0.538. The minimum Gasteiger partial charge on any atom is -0.497 e. The van der Waals surface area contributed by atoms with Gasteiger partial charge in [-0.25, -0.2) is 0 Å². The Kier molecular flexibility index (Phi) is 4.31. The number of hydrogen-bond donors (Lipinski definition) is 1. The van der Waals surface area contributed by atoms with E-state index in [9.17, 15) is 13.2 Å². The lowest BCUT2D eigenvalue weighted by atomic mass is 9.88. The van der Waals surface area contributed by atoms with Crippen LogP contribution < -0.4 is 10.2 Å². The van der Waals surface area contributed by atoms with E-state index >= 15 is 0 Å². The summed E-state index contributed by atoms with van der Waals surface area (Å²) in [4.78, 5) is 4.55. The Labute approximate surface area is 109 Å². The first kappa shape index (κ1) is 14.1. The van der Waals surface area contributed by atoms with Gasteiger partial charge in [0, 0.05) is 0 Å². The number of fused-ring (bicyclic) bond motifs is 1. The van der Waals surface area contributed by atoms with Crippen molar-refractivity contribution in [3.63, 3.8) is 0 Å². The number of hydrogen-bond acceptors (Lipinski definition) is 3. The predicted octanol–water partition coefficient (Wildman–Crippen LogP) is 3.16. The van der Waals surface area contributed by atoms with Crippen LogP contribution in [0.1, 0.15) is 30.0 Å². The zero-order chi connectivity index (χ0) is 13.9. The first-order valence-corrected chi connectivity index (χ1v) is 6.10. The van der Waals surface area contributed by atoms with Crippen molar-refractivity contribution < 1.29 is 22.7 Å². The largest absolute Gasteiger partial charge is 0.497 e. The molecular weight excluding hydrogens is 259 g/mol. The highest BCUT2D eigenvalue weighted by molar-refractivity contribution is 5.39. The lowest BCUT2D eigenvalue weighted by Crippen LogP contribution is -2.30. The van der Waals surface area contributed by atoms with Gasteiger partial charge in [-0.15, -0.1) is 0 Å². The molecule has 0 saturated carbocycles. The monoisotopic (exact) mass is 275 g/mol. The van der Waals surface area contributed by atoms with Crippen molar-refractivity contribution in [3.8, 4) is 5.75 Å². The van der Waals surface area contributed by atoms with Crippen molar-refractivity contribution in [3.05, 3.63) is 29.3 Å². The molecule has 0 aliphatic heterocycles. The molecule has 106 valence electrons. The van der Waals surface area contributed by atoms with Gasteiger partial charge in [0.2, 0.25) is 0 Å². The summed E-state index contributed by atoms with van der Waals surface area (Å²) in [5.41, 5.74) is 4.59. The highest BCUT2D eigenvalue weighted by atomic mass is 19.4. The van der Waals surface area contributed by atoms with Gasteiger partial charge in [-0.2, -0.15) is 18.7 Å². The number of aryl methyl sites for hydroxylation is 1. The van der Waals surface area contributed by atoms with E-state index in [0.29, 0.717) is 5.75 Å². The van der Waals surface area contributed by atoms with Crippen LogP contribution in [0.2, 0.25) is 0 Å². The molecule has 1 aromatic rings. The van der Waals surface area contributed by atoms with Gasteiger partial charge in [0.05, 0.1) is 13.2 Å². The highest BCUT2D eigenvalue weighted by Crippen LogP contribution is 2.32. The van der Waals surface area contributed by atoms with E-state index in [1.807, 2.05) is 18.2 Å². The lowest BCUT2D eigenvalue weighted by Gasteiger charge is -2.26. The van der Waals surface area contributed by atoms with Crippen molar-refractivity contribution in [1.82, 2.24) is 5.48 Å². The van der Waals surface area contributed by atoms with Gasteiger partial charge in [-0.1, -0.05) is 6.07 Å². The molecule has 19 heavy (non-hydrogen) atoms. The number of rotatable bonds is 4. The topological polar surface area (TPSA) is 30.5 Å². The Morgan fingerprint density at radius 2 is 2.16 bits per heavy atom. The Morgan fingerprint density at radius 1 is 1.37 bits per heavy atom. The van der Waals surface area contributed by atoms with Crippen molar-refractivity contribution in [1.29, 1.82) is 0 Å². The quantitative estimate of drug-likeness (QED) is 0.856. The van der Waals surface area contributed by atoms with Crippen LogP contribution in [0.3, 0.4) is 0 Å². The van der Waals surface area contributed by atoms with E-state index in [0.717, 1.165) is 30.4 Å². The van der Waals surface area contributed by atoms with E-state index in [1.165, 1.54) is 0 Å². The van der Waals surface area contributed by atoms with Crippen LogP contribution in [0.4, 0.5) is 13.2 Å². The van der Waals surface area contributed by atoms with Crippen molar-refractivity contribution in [2.24, 2.45) is 0 Å². The summed E-state index contributed by atoms with van der Waals surface area (Å²) >= 11 is 0. The summed E-state index contributed by atoms with van der Waals surface area (Å²) < 4.78 is 41.3. The van der Waals surface area contributed by atoms with Crippen LogP contribution in [-0.2, 0) is 11.3 Å². The first-order chi connectivity index (χ1) is 8.99. The molecule has 3 nitrogen and oxygen atoms in total. The van der Waals surface area contributed by atoms with Gasteiger partial charge in [0.1, 0.15) is 5.75 Å². The lowest BCUT2D eigenvalue weighted by molar-refractivity contribution is -0.193. The molecule has 1 aliphatic carbocycles. The van der Waals surface area contributed by atoms with Gasteiger partial charge >= 0.3 is 6.18 Å². The maximum atomic E-state index is 12.0. The third kappa shape index (κ3) is 3.84. The summed E-state index contributed by atoms with van der Waals surface area (Å²) in [6.45, 7) is -1.29. The van der Waals surface area contributed by atoms with Gasteiger partial charge < -0.3 is 4.74 Å². The third-order valence-corrected chi connectivity index (χ3v) is 3.13. The Morgan fingerprint density at radius 3 is 2.84 bits per heavy atom. The molecule has 0 radical (unpaired) electrons. The van der Waals surface area contributed by atoms with Crippen LogP contribution in [0.15, 0.2) is 18.2 Å². The number of benzene rings is 1. The molecule has 1 atom stereocenters. The van der Waals surface area contributed by atoms with E-state index in [2.05, 4.69) is 10.3 Å². The fourth-order valence-electron chi connectivity index (χ4n) is 2.25. The SMILES string of the molecule is COc1ccc2c(c1)C(NOCC(F)(F)F)CCC2. The number of ether oxygens (including phenoxy) is 1.